The van der Waals surface area contributed by atoms with Crippen LogP contribution in [0.1, 0.15) is 35.8 Å². The average molecular weight is 455 g/mol. The highest BCUT2D eigenvalue weighted by Gasteiger charge is 2.18. The van der Waals surface area contributed by atoms with Crippen LogP contribution in [0, 0.1) is 12.8 Å². The molecule has 1 saturated heterocycles. The lowest BCUT2D eigenvalue weighted by molar-refractivity contribution is -0.105. The van der Waals surface area contributed by atoms with Crippen LogP contribution in [0.4, 0.5) is 0 Å². The monoisotopic (exact) mass is 454 g/mol. The first kappa shape index (κ1) is 26.4. The fourth-order valence-electron chi connectivity index (χ4n) is 4.09. The Morgan fingerprint density at radius 1 is 1.21 bits per heavy atom. The van der Waals surface area contributed by atoms with Crippen molar-refractivity contribution in [3.63, 3.8) is 0 Å². The molecule has 2 aromatic rings. The van der Waals surface area contributed by atoms with Gasteiger partial charge in [-0.2, -0.15) is 0 Å². The van der Waals surface area contributed by atoms with E-state index in [4.69, 9.17) is 4.74 Å². The van der Waals surface area contributed by atoms with Crippen LogP contribution in [0.2, 0.25) is 0 Å². The maximum Gasteiger partial charge on any atom is 0.152 e. The van der Waals surface area contributed by atoms with Gasteiger partial charge in [0.15, 0.2) is 12.6 Å². The van der Waals surface area contributed by atoms with Crippen LogP contribution >= 0.6 is 0 Å². The van der Waals surface area contributed by atoms with E-state index in [1.165, 1.54) is 18.4 Å². The standard InChI is InChI=1S/C16H20N2O.C10H18N2O2/c1-12-15(11-19)14-4-2-3-5-16(14)18(12)10-13-6-8-17-9-7-13;1-8(12-3)5-10(14-4)9(7-13)6-11-2/h2-5,11,13,17H,6-10H2,1H3;5,7,11-12H,6H2,1-4H3/b;8-5-,10-9+. The van der Waals surface area contributed by atoms with Gasteiger partial charge in [-0.1, -0.05) is 18.2 Å². The minimum Gasteiger partial charge on any atom is -0.496 e. The van der Waals surface area contributed by atoms with Crippen LogP contribution in [0.15, 0.2) is 47.4 Å². The van der Waals surface area contributed by atoms with E-state index in [9.17, 15) is 9.59 Å². The normalized spacial score (nSPS) is 15.4. The lowest BCUT2D eigenvalue weighted by Gasteiger charge is -2.24. The quantitative estimate of drug-likeness (QED) is 0.234. The van der Waals surface area contributed by atoms with Crippen molar-refractivity contribution in [3.05, 3.63) is 58.6 Å². The second-order valence-electron chi connectivity index (χ2n) is 8.26. The van der Waals surface area contributed by atoms with Gasteiger partial charge in [-0.3, -0.25) is 9.59 Å². The van der Waals surface area contributed by atoms with Gasteiger partial charge in [0, 0.05) is 53.6 Å². The lowest BCUT2D eigenvalue weighted by Crippen LogP contribution is -2.30. The summed E-state index contributed by atoms with van der Waals surface area (Å²) in [4.78, 5) is 22.1. The van der Waals surface area contributed by atoms with Crippen LogP contribution in [-0.4, -0.2) is 58.0 Å². The first-order valence-electron chi connectivity index (χ1n) is 11.5. The Kier molecular flexibility index (Phi) is 10.9. The third-order valence-electron chi connectivity index (χ3n) is 6.08. The van der Waals surface area contributed by atoms with E-state index in [1.54, 1.807) is 20.2 Å². The molecule has 0 atom stereocenters. The molecule has 2 heterocycles. The summed E-state index contributed by atoms with van der Waals surface area (Å²) < 4.78 is 7.45. The Labute approximate surface area is 197 Å². The highest BCUT2D eigenvalue weighted by Crippen LogP contribution is 2.27. The molecule has 180 valence electrons. The number of nitrogens with one attached hydrogen (secondary N) is 3. The summed E-state index contributed by atoms with van der Waals surface area (Å²) in [7, 11) is 5.15. The first-order chi connectivity index (χ1) is 16.0. The number of ether oxygens (including phenoxy) is 1. The highest BCUT2D eigenvalue weighted by atomic mass is 16.5. The van der Waals surface area contributed by atoms with Gasteiger partial charge in [0.05, 0.1) is 7.11 Å². The Balaban J connectivity index is 0.000000248. The van der Waals surface area contributed by atoms with Crippen LogP contribution in [-0.2, 0) is 16.1 Å². The number of hydrogen-bond acceptors (Lipinski definition) is 6. The zero-order chi connectivity index (χ0) is 24.2. The van der Waals surface area contributed by atoms with Gasteiger partial charge in [0.25, 0.3) is 0 Å². The Hall–Kier alpha value is -2.90. The van der Waals surface area contributed by atoms with Crippen molar-refractivity contribution >= 4 is 23.5 Å². The summed E-state index contributed by atoms with van der Waals surface area (Å²) in [5.74, 6) is 1.30. The number of benzene rings is 1. The van der Waals surface area contributed by atoms with Crippen molar-refractivity contribution in [2.24, 2.45) is 5.92 Å². The Bertz CT molecular complexity index is 985. The molecule has 0 unspecified atom stereocenters. The molecule has 3 rings (SSSR count). The van der Waals surface area contributed by atoms with Gasteiger partial charge in [-0.05, 0) is 64.9 Å². The predicted octanol–water partition coefficient (Wildman–Crippen LogP) is 3.19. The molecule has 0 spiro atoms. The molecule has 0 aliphatic carbocycles. The van der Waals surface area contributed by atoms with Crippen molar-refractivity contribution in [3.8, 4) is 0 Å². The maximum atomic E-state index is 11.3. The number of aldehydes is 2. The number of nitrogens with zero attached hydrogens (tertiary/aromatic N) is 1. The van der Waals surface area contributed by atoms with Crippen molar-refractivity contribution in [1.82, 2.24) is 20.5 Å². The van der Waals surface area contributed by atoms with Crippen molar-refractivity contribution < 1.29 is 14.3 Å². The van der Waals surface area contributed by atoms with Gasteiger partial charge < -0.3 is 25.3 Å². The number of methoxy groups -OCH3 is 1. The van der Waals surface area contributed by atoms with Crippen LogP contribution in [0.25, 0.3) is 10.9 Å². The molecular formula is C26H38N4O3. The second kappa shape index (κ2) is 13.6. The van der Waals surface area contributed by atoms with E-state index in [0.717, 1.165) is 60.5 Å². The van der Waals surface area contributed by atoms with Gasteiger partial charge >= 0.3 is 0 Å². The highest BCUT2D eigenvalue weighted by molar-refractivity contribution is 5.99. The minimum absolute atomic E-state index is 0.500. The van der Waals surface area contributed by atoms with Gasteiger partial charge in [-0.15, -0.1) is 0 Å². The molecule has 1 aromatic carbocycles. The molecule has 1 fully saturated rings. The van der Waals surface area contributed by atoms with E-state index < -0.39 is 0 Å². The second-order valence-corrected chi connectivity index (χ2v) is 8.26. The van der Waals surface area contributed by atoms with Crippen molar-refractivity contribution in [1.29, 1.82) is 0 Å². The largest absolute Gasteiger partial charge is 0.496 e. The molecular weight excluding hydrogens is 416 g/mol. The zero-order valence-corrected chi connectivity index (χ0v) is 20.5. The SMILES string of the molecule is CNC/C(C=O)=C(/C=C(/C)NC)OC.Cc1c(C=O)c2ccccc2n1CC1CCNCC1. The van der Waals surface area contributed by atoms with Crippen LogP contribution in [0.5, 0.6) is 0 Å². The number of likely N-dealkylation sites (N-methyl/N-ethyl adjacent to an activating group) is 1. The fourth-order valence-corrected chi connectivity index (χ4v) is 4.09. The van der Waals surface area contributed by atoms with Gasteiger partial charge in [0.1, 0.15) is 5.76 Å². The molecule has 3 N–H and O–H groups in total. The molecule has 7 nitrogen and oxygen atoms in total. The molecule has 33 heavy (non-hydrogen) atoms. The zero-order valence-electron chi connectivity index (χ0n) is 20.5. The number of rotatable bonds is 9. The number of carbonyl (C=O) groups is 2. The number of aromatic nitrogens is 1. The summed E-state index contributed by atoms with van der Waals surface area (Å²) in [6.45, 7) is 7.72. The Morgan fingerprint density at radius 2 is 1.91 bits per heavy atom. The molecule has 1 aliphatic rings. The fraction of sp³-hybridized carbons (Fsp3) is 0.462. The molecule has 7 heteroatoms. The third kappa shape index (κ3) is 7.04. The van der Waals surface area contributed by atoms with Crippen molar-refractivity contribution in [2.75, 3.05) is 40.8 Å². The number of allylic oxidation sites excluding steroid dienone is 2. The summed E-state index contributed by atoms with van der Waals surface area (Å²) in [5, 5.41) is 10.4. The molecule has 0 bridgehead atoms. The van der Waals surface area contributed by atoms with E-state index in [0.29, 0.717) is 17.9 Å². The number of para-hydroxylation sites is 1. The molecule has 0 saturated carbocycles. The third-order valence-corrected chi connectivity index (χ3v) is 6.08. The minimum atomic E-state index is 0.500. The topological polar surface area (TPSA) is 84.4 Å². The summed E-state index contributed by atoms with van der Waals surface area (Å²) in [5.41, 5.74) is 4.70. The summed E-state index contributed by atoms with van der Waals surface area (Å²) in [6.07, 6.45) is 6.04. The molecule has 0 amide bonds. The van der Waals surface area contributed by atoms with Crippen LogP contribution < -0.4 is 16.0 Å². The molecule has 1 aliphatic heterocycles. The van der Waals surface area contributed by atoms with E-state index in [2.05, 4.69) is 39.6 Å². The number of carbonyl (C=O) groups excluding carboxylic acids is 2. The van der Waals surface area contributed by atoms with E-state index >= 15 is 0 Å². The summed E-state index contributed by atoms with van der Waals surface area (Å²) in [6, 6.07) is 8.22. The van der Waals surface area contributed by atoms with E-state index in [1.807, 2.05) is 26.1 Å². The smallest absolute Gasteiger partial charge is 0.152 e. The number of piperidine rings is 1. The molecule has 0 radical (unpaired) electrons. The van der Waals surface area contributed by atoms with E-state index in [-0.39, 0.29) is 0 Å². The maximum absolute atomic E-state index is 11.3. The predicted molar refractivity (Wildman–Crippen MR) is 134 cm³/mol. The summed E-state index contributed by atoms with van der Waals surface area (Å²) >= 11 is 0. The van der Waals surface area contributed by atoms with Gasteiger partial charge in [0.2, 0.25) is 0 Å². The first-order valence-corrected chi connectivity index (χ1v) is 11.5. The average Bonchev–Trinajstić information content (AvgIpc) is 3.12. The van der Waals surface area contributed by atoms with Crippen LogP contribution in [0.3, 0.4) is 0 Å². The van der Waals surface area contributed by atoms with Gasteiger partial charge in [-0.25, -0.2) is 0 Å². The number of fused-ring (bicyclic) bond motifs is 1. The van der Waals surface area contributed by atoms with Crippen molar-refractivity contribution in [2.45, 2.75) is 33.2 Å². The Morgan fingerprint density at radius 3 is 2.48 bits per heavy atom. The number of hydrogen-bond donors (Lipinski definition) is 3. The molecule has 1 aromatic heterocycles. The lowest BCUT2D eigenvalue weighted by atomic mass is 9.98.